The molecule has 1 saturated heterocycles. The normalized spacial score (nSPS) is 16.8. The van der Waals surface area contributed by atoms with Crippen LogP contribution >= 0.6 is 0 Å². The first-order valence-electron chi connectivity index (χ1n) is 8.36. The van der Waals surface area contributed by atoms with Gasteiger partial charge in [0.05, 0.1) is 6.04 Å². The first-order chi connectivity index (χ1) is 12.2. The molecule has 2 aromatic carbocycles. The monoisotopic (exact) mass is 338 g/mol. The SMILES string of the molecule is Oc1c(C(c2ccc(F)cc2)N2CCNCC2)ccc2cncnc12. The zero-order chi connectivity index (χ0) is 17.2. The molecule has 2 N–H and O–H groups in total. The Balaban J connectivity index is 1.85. The molecule has 5 nitrogen and oxygen atoms in total. The van der Waals surface area contributed by atoms with Crippen molar-refractivity contribution in [3.05, 3.63) is 65.9 Å². The molecule has 0 bridgehead atoms. The molecule has 1 aliphatic rings. The van der Waals surface area contributed by atoms with E-state index in [9.17, 15) is 9.50 Å². The molecule has 25 heavy (non-hydrogen) atoms. The standard InChI is InChI=1S/C19H19FN4O/c20-15-4-1-13(2-5-15)18(24-9-7-21-8-10-24)16-6-3-14-11-22-12-23-17(14)19(16)25/h1-6,11-12,18,21,25H,7-10H2. The zero-order valence-corrected chi connectivity index (χ0v) is 13.7. The van der Waals surface area contributed by atoms with Crippen molar-refractivity contribution in [2.45, 2.75) is 6.04 Å². The summed E-state index contributed by atoms with van der Waals surface area (Å²) in [5.74, 6) is -0.106. The van der Waals surface area contributed by atoms with Crippen LogP contribution in [0.15, 0.2) is 48.9 Å². The van der Waals surface area contributed by atoms with Crippen LogP contribution in [0.25, 0.3) is 10.9 Å². The second kappa shape index (κ2) is 6.74. The number of piperazine rings is 1. The number of aromatic hydroxyl groups is 1. The van der Waals surface area contributed by atoms with Crippen LogP contribution in [0.4, 0.5) is 4.39 Å². The number of hydrogen-bond acceptors (Lipinski definition) is 5. The highest BCUT2D eigenvalue weighted by atomic mass is 19.1. The van der Waals surface area contributed by atoms with E-state index in [4.69, 9.17) is 0 Å². The van der Waals surface area contributed by atoms with Gasteiger partial charge in [0.1, 0.15) is 23.4 Å². The molecule has 0 radical (unpaired) electrons. The van der Waals surface area contributed by atoms with E-state index in [1.54, 1.807) is 18.3 Å². The largest absolute Gasteiger partial charge is 0.505 e. The Morgan fingerprint density at radius 1 is 1.08 bits per heavy atom. The van der Waals surface area contributed by atoms with E-state index in [0.29, 0.717) is 5.52 Å². The van der Waals surface area contributed by atoms with Gasteiger partial charge < -0.3 is 10.4 Å². The maximum atomic E-state index is 13.4. The molecule has 0 saturated carbocycles. The first-order valence-corrected chi connectivity index (χ1v) is 8.36. The number of rotatable bonds is 3. The lowest BCUT2D eigenvalue weighted by Crippen LogP contribution is -2.45. The molecule has 2 heterocycles. The lowest BCUT2D eigenvalue weighted by atomic mass is 9.94. The number of hydrogen-bond donors (Lipinski definition) is 2. The van der Waals surface area contributed by atoms with Crippen LogP contribution in [-0.2, 0) is 0 Å². The van der Waals surface area contributed by atoms with E-state index >= 15 is 0 Å². The number of benzene rings is 2. The topological polar surface area (TPSA) is 61.3 Å². The lowest BCUT2D eigenvalue weighted by molar-refractivity contribution is 0.196. The number of nitrogens with one attached hydrogen (secondary N) is 1. The molecule has 0 amide bonds. The van der Waals surface area contributed by atoms with Gasteiger partial charge in [0.25, 0.3) is 0 Å². The Labute approximate surface area is 145 Å². The van der Waals surface area contributed by atoms with Gasteiger partial charge in [-0.15, -0.1) is 0 Å². The molecular formula is C19H19FN4O. The number of fused-ring (bicyclic) bond motifs is 1. The van der Waals surface area contributed by atoms with Crippen molar-refractivity contribution < 1.29 is 9.50 Å². The summed E-state index contributed by atoms with van der Waals surface area (Å²) in [4.78, 5) is 10.5. The van der Waals surface area contributed by atoms with E-state index in [0.717, 1.165) is 42.7 Å². The van der Waals surface area contributed by atoms with E-state index < -0.39 is 0 Å². The number of aromatic nitrogens is 2. The molecule has 128 valence electrons. The molecule has 6 heteroatoms. The summed E-state index contributed by atoms with van der Waals surface area (Å²) in [6.07, 6.45) is 3.12. The van der Waals surface area contributed by atoms with Crippen molar-refractivity contribution in [1.29, 1.82) is 0 Å². The molecule has 3 aromatic rings. The highest BCUT2D eigenvalue weighted by Crippen LogP contribution is 2.37. The smallest absolute Gasteiger partial charge is 0.147 e. The summed E-state index contributed by atoms with van der Waals surface area (Å²) < 4.78 is 13.4. The average molecular weight is 338 g/mol. The van der Waals surface area contributed by atoms with Gasteiger partial charge >= 0.3 is 0 Å². The van der Waals surface area contributed by atoms with Crippen LogP contribution < -0.4 is 5.32 Å². The molecular weight excluding hydrogens is 319 g/mol. The van der Waals surface area contributed by atoms with Crippen LogP contribution in [0.1, 0.15) is 17.2 Å². The summed E-state index contributed by atoms with van der Waals surface area (Å²) in [5.41, 5.74) is 2.27. The zero-order valence-electron chi connectivity index (χ0n) is 13.7. The molecule has 4 rings (SSSR count). The van der Waals surface area contributed by atoms with Crippen molar-refractivity contribution in [2.75, 3.05) is 26.2 Å². The van der Waals surface area contributed by atoms with Crippen LogP contribution in [-0.4, -0.2) is 46.2 Å². The van der Waals surface area contributed by atoms with Crippen molar-refractivity contribution in [3.63, 3.8) is 0 Å². The Hall–Kier alpha value is -2.57. The molecule has 1 aliphatic heterocycles. The highest BCUT2D eigenvalue weighted by Gasteiger charge is 2.27. The van der Waals surface area contributed by atoms with Crippen molar-refractivity contribution >= 4 is 10.9 Å². The summed E-state index contributed by atoms with van der Waals surface area (Å²) >= 11 is 0. The van der Waals surface area contributed by atoms with Gasteiger partial charge in [-0.25, -0.2) is 14.4 Å². The molecule has 1 aromatic heterocycles. The fourth-order valence-electron chi connectivity index (χ4n) is 3.45. The van der Waals surface area contributed by atoms with Gasteiger partial charge in [0.15, 0.2) is 0 Å². The van der Waals surface area contributed by atoms with E-state index in [1.165, 1.54) is 18.5 Å². The summed E-state index contributed by atoms with van der Waals surface area (Å²) in [7, 11) is 0. The summed E-state index contributed by atoms with van der Waals surface area (Å²) in [6, 6.07) is 10.2. The second-order valence-electron chi connectivity index (χ2n) is 6.20. The van der Waals surface area contributed by atoms with Crippen LogP contribution in [0.5, 0.6) is 5.75 Å². The maximum absolute atomic E-state index is 13.4. The van der Waals surface area contributed by atoms with Crippen LogP contribution in [0, 0.1) is 5.82 Å². The van der Waals surface area contributed by atoms with Crippen molar-refractivity contribution in [1.82, 2.24) is 20.2 Å². The minimum Gasteiger partial charge on any atom is -0.505 e. The molecule has 1 fully saturated rings. The average Bonchev–Trinajstić information content (AvgIpc) is 2.66. The lowest BCUT2D eigenvalue weighted by Gasteiger charge is -2.36. The van der Waals surface area contributed by atoms with Crippen molar-refractivity contribution in [3.8, 4) is 5.75 Å². The van der Waals surface area contributed by atoms with E-state index in [1.807, 2.05) is 12.1 Å². The van der Waals surface area contributed by atoms with Gasteiger partial charge in [-0.1, -0.05) is 24.3 Å². The quantitative estimate of drug-likeness (QED) is 0.768. The van der Waals surface area contributed by atoms with Crippen molar-refractivity contribution in [2.24, 2.45) is 0 Å². The maximum Gasteiger partial charge on any atom is 0.147 e. The first kappa shape index (κ1) is 15.9. The predicted octanol–water partition coefficient (Wildman–Crippen LogP) is 2.47. The third kappa shape index (κ3) is 3.06. The third-order valence-corrected chi connectivity index (χ3v) is 4.68. The van der Waals surface area contributed by atoms with Gasteiger partial charge in [0, 0.05) is 43.3 Å². The number of nitrogens with zero attached hydrogens (tertiary/aromatic N) is 3. The number of phenols is 1. The fourth-order valence-corrected chi connectivity index (χ4v) is 3.45. The van der Waals surface area contributed by atoms with Crippen LogP contribution in [0.2, 0.25) is 0 Å². The van der Waals surface area contributed by atoms with E-state index in [-0.39, 0.29) is 17.6 Å². The van der Waals surface area contributed by atoms with Crippen LogP contribution in [0.3, 0.4) is 0 Å². The molecule has 1 atom stereocenters. The summed E-state index contributed by atoms with van der Waals surface area (Å²) in [6.45, 7) is 3.47. The van der Waals surface area contributed by atoms with Gasteiger partial charge in [-0.2, -0.15) is 0 Å². The number of phenolic OH excluding ortho intramolecular Hbond substituents is 1. The molecule has 0 spiro atoms. The van der Waals surface area contributed by atoms with Gasteiger partial charge in [-0.3, -0.25) is 4.90 Å². The predicted molar refractivity (Wildman–Crippen MR) is 93.9 cm³/mol. The second-order valence-corrected chi connectivity index (χ2v) is 6.20. The minimum absolute atomic E-state index is 0.151. The third-order valence-electron chi connectivity index (χ3n) is 4.68. The van der Waals surface area contributed by atoms with E-state index in [2.05, 4.69) is 20.2 Å². The Kier molecular flexibility index (Phi) is 4.29. The van der Waals surface area contributed by atoms with Gasteiger partial charge in [-0.05, 0) is 17.7 Å². The highest BCUT2D eigenvalue weighted by molar-refractivity contribution is 5.85. The van der Waals surface area contributed by atoms with Gasteiger partial charge in [0.2, 0.25) is 0 Å². The summed E-state index contributed by atoms with van der Waals surface area (Å²) in [5, 5.41) is 15.0. The molecule has 0 aliphatic carbocycles. The number of halogens is 1. The minimum atomic E-state index is -0.265. The molecule has 1 unspecified atom stereocenters. The Morgan fingerprint density at radius 3 is 2.60 bits per heavy atom. The fraction of sp³-hybridized carbons (Fsp3) is 0.263. The Morgan fingerprint density at radius 2 is 1.84 bits per heavy atom. The Bertz CT molecular complexity index is 878.